The maximum atomic E-state index is 12.6. The number of unbranched alkanes of at least 4 members (excludes halogenated alkanes) is 1. The number of nitrogens with one attached hydrogen (secondary N) is 1. The van der Waals surface area contributed by atoms with Crippen molar-refractivity contribution in [1.82, 2.24) is 14.8 Å². The first-order valence-corrected chi connectivity index (χ1v) is 11.5. The molecule has 8 heteroatoms. The fourth-order valence-corrected chi connectivity index (χ4v) is 3.79. The van der Waals surface area contributed by atoms with Crippen LogP contribution in [-0.2, 0) is 4.79 Å². The number of anilines is 1. The highest BCUT2D eigenvalue weighted by molar-refractivity contribution is 5.92. The summed E-state index contributed by atoms with van der Waals surface area (Å²) in [6.07, 6.45) is 3.89. The van der Waals surface area contributed by atoms with Gasteiger partial charge in [0, 0.05) is 17.2 Å². The van der Waals surface area contributed by atoms with Crippen LogP contribution < -0.4 is 19.5 Å². The number of carbonyl (C=O) groups excluding carboxylic acids is 1. The maximum Gasteiger partial charge on any atom is 0.336 e. The number of ether oxygens (including phenoxy) is 3. The second-order valence-electron chi connectivity index (χ2n) is 7.91. The molecule has 0 saturated heterocycles. The molecule has 0 radical (unpaired) electrons. The predicted octanol–water partition coefficient (Wildman–Crippen LogP) is 5.22. The van der Waals surface area contributed by atoms with Gasteiger partial charge in [0.2, 0.25) is 12.7 Å². The molecule has 8 nitrogen and oxygen atoms in total. The minimum Gasteiger partial charge on any atom is -0.463 e. The normalized spacial score (nSPS) is 13.1. The predicted molar refractivity (Wildman–Crippen MR) is 126 cm³/mol. The molecule has 0 aliphatic carbocycles. The molecule has 2 aromatic carbocycles. The molecule has 1 aliphatic rings. The van der Waals surface area contributed by atoms with Gasteiger partial charge in [0.05, 0.1) is 12.3 Å². The SMILES string of the molecule is CCCC[C@H](CC)C(=O)Nc1ccc(-n2nc(OCC)nc2-c2ccc3c(c2)OCO3)cc1. The zero-order valence-corrected chi connectivity index (χ0v) is 19.3. The van der Waals surface area contributed by atoms with Crippen LogP contribution in [0.1, 0.15) is 46.5 Å². The molecule has 0 bridgehead atoms. The number of rotatable bonds is 10. The Labute approximate surface area is 193 Å². The number of amides is 1. The van der Waals surface area contributed by atoms with Gasteiger partial charge in [0.25, 0.3) is 0 Å². The summed E-state index contributed by atoms with van der Waals surface area (Å²) in [6.45, 7) is 6.76. The molecule has 1 N–H and O–H groups in total. The Morgan fingerprint density at radius 3 is 2.64 bits per heavy atom. The van der Waals surface area contributed by atoms with E-state index >= 15 is 0 Å². The number of hydrogen-bond donors (Lipinski definition) is 1. The van der Waals surface area contributed by atoms with E-state index in [2.05, 4.69) is 29.2 Å². The van der Waals surface area contributed by atoms with Gasteiger partial charge in [-0.3, -0.25) is 4.79 Å². The van der Waals surface area contributed by atoms with E-state index in [1.165, 1.54) is 0 Å². The molecule has 1 aliphatic heterocycles. The molecule has 4 rings (SSSR count). The quantitative estimate of drug-likeness (QED) is 0.456. The standard InChI is InChI=1S/C25H30N4O4/c1-4-7-8-17(5-2)24(30)26-19-10-12-20(13-11-19)29-23(27-25(28-29)31-6-3)18-9-14-21-22(15-18)33-16-32-21/h9-15,17H,4-8,16H2,1-3H3,(H,26,30)/t17-/m0/s1. The second kappa shape index (κ2) is 10.4. The van der Waals surface area contributed by atoms with Crippen LogP contribution in [0.5, 0.6) is 17.5 Å². The molecule has 1 atom stereocenters. The van der Waals surface area contributed by atoms with Crippen molar-refractivity contribution in [1.29, 1.82) is 0 Å². The third-order valence-electron chi connectivity index (χ3n) is 5.64. The summed E-state index contributed by atoms with van der Waals surface area (Å²) in [7, 11) is 0. The Morgan fingerprint density at radius 2 is 1.91 bits per heavy atom. The van der Waals surface area contributed by atoms with Crippen LogP contribution >= 0.6 is 0 Å². The van der Waals surface area contributed by atoms with Crippen LogP contribution in [0.4, 0.5) is 5.69 Å². The first kappa shape index (κ1) is 22.6. The van der Waals surface area contributed by atoms with Crippen LogP contribution in [0, 0.1) is 5.92 Å². The molecular weight excluding hydrogens is 420 g/mol. The molecule has 2 heterocycles. The van der Waals surface area contributed by atoms with Crippen molar-refractivity contribution >= 4 is 11.6 Å². The van der Waals surface area contributed by atoms with Gasteiger partial charge in [-0.1, -0.05) is 26.7 Å². The summed E-state index contributed by atoms with van der Waals surface area (Å²) in [5, 5.41) is 7.57. The van der Waals surface area contributed by atoms with Crippen molar-refractivity contribution in [3.63, 3.8) is 0 Å². The van der Waals surface area contributed by atoms with Crippen molar-refractivity contribution < 1.29 is 19.0 Å². The summed E-state index contributed by atoms with van der Waals surface area (Å²) >= 11 is 0. The van der Waals surface area contributed by atoms with E-state index in [0.29, 0.717) is 29.9 Å². The van der Waals surface area contributed by atoms with Crippen molar-refractivity contribution in [2.45, 2.75) is 46.5 Å². The molecule has 174 valence electrons. The van der Waals surface area contributed by atoms with Crippen LogP contribution in [0.3, 0.4) is 0 Å². The van der Waals surface area contributed by atoms with Crippen molar-refractivity contribution in [2.24, 2.45) is 5.92 Å². The molecule has 3 aromatic rings. The molecule has 1 aromatic heterocycles. The highest BCUT2D eigenvalue weighted by Gasteiger charge is 2.20. The summed E-state index contributed by atoms with van der Waals surface area (Å²) < 4.78 is 18.2. The Balaban J connectivity index is 1.58. The molecule has 1 amide bonds. The Bertz CT molecular complexity index is 1090. The molecule has 0 fully saturated rings. The van der Waals surface area contributed by atoms with Gasteiger partial charge < -0.3 is 19.5 Å². The summed E-state index contributed by atoms with van der Waals surface area (Å²) in [5.74, 6) is 2.11. The van der Waals surface area contributed by atoms with Crippen LogP contribution in [0.15, 0.2) is 42.5 Å². The lowest BCUT2D eigenvalue weighted by Gasteiger charge is -2.15. The fourth-order valence-electron chi connectivity index (χ4n) is 3.79. The van der Waals surface area contributed by atoms with E-state index in [1.807, 2.05) is 49.4 Å². The van der Waals surface area contributed by atoms with Crippen molar-refractivity contribution in [2.75, 3.05) is 18.7 Å². The number of hydrogen-bond acceptors (Lipinski definition) is 6. The topological polar surface area (TPSA) is 87.5 Å². The molecular formula is C25H30N4O4. The Kier molecular flexibility index (Phi) is 7.12. The van der Waals surface area contributed by atoms with E-state index in [4.69, 9.17) is 14.2 Å². The fraction of sp³-hybridized carbons (Fsp3) is 0.400. The van der Waals surface area contributed by atoms with Gasteiger partial charge in [0.1, 0.15) is 0 Å². The number of nitrogens with zero attached hydrogens (tertiary/aromatic N) is 3. The van der Waals surface area contributed by atoms with Gasteiger partial charge in [0.15, 0.2) is 17.3 Å². The van der Waals surface area contributed by atoms with Gasteiger partial charge in [-0.05, 0) is 62.2 Å². The average Bonchev–Trinajstić information content (AvgIpc) is 3.47. The minimum absolute atomic E-state index is 0.0336. The van der Waals surface area contributed by atoms with Gasteiger partial charge in [-0.25, -0.2) is 4.68 Å². The largest absolute Gasteiger partial charge is 0.463 e. The van der Waals surface area contributed by atoms with Crippen LogP contribution in [-0.4, -0.2) is 34.1 Å². The summed E-state index contributed by atoms with van der Waals surface area (Å²) in [5.41, 5.74) is 2.39. The number of aromatic nitrogens is 3. The van der Waals surface area contributed by atoms with E-state index < -0.39 is 0 Å². The number of benzene rings is 2. The zero-order chi connectivity index (χ0) is 23.2. The van der Waals surface area contributed by atoms with E-state index in [-0.39, 0.29) is 18.6 Å². The third kappa shape index (κ3) is 5.10. The Hall–Kier alpha value is -3.55. The highest BCUT2D eigenvalue weighted by Crippen LogP contribution is 2.36. The Morgan fingerprint density at radius 1 is 1.12 bits per heavy atom. The first-order valence-electron chi connectivity index (χ1n) is 11.5. The molecule has 33 heavy (non-hydrogen) atoms. The molecule has 0 unspecified atom stereocenters. The second-order valence-corrected chi connectivity index (χ2v) is 7.91. The lowest BCUT2D eigenvalue weighted by Crippen LogP contribution is -2.22. The van der Waals surface area contributed by atoms with Crippen LogP contribution in [0.25, 0.3) is 17.1 Å². The third-order valence-corrected chi connectivity index (χ3v) is 5.64. The van der Waals surface area contributed by atoms with E-state index in [9.17, 15) is 4.79 Å². The number of fused-ring (bicyclic) bond motifs is 1. The minimum atomic E-state index is 0.0336. The lowest BCUT2D eigenvalue weighted by molar-refractivity contribution is -0.120. The number of carbonyl (C=O) groups is 1. The summed E-state index contributed by atoms with van der Waals surface area (Å²) in [4.78, 5) is 17.2. The van der Waals surface area contributed by atoms with Gasteiger partial charge in [-0.2, -0.15) is 4.98 Å². The monoisotopic (exact) mass is 450 g/mol. The summed E-state index contributed by atoms with van der Waals surface area (Å²) in [6, 6.07) is 13.5. The van der Waals surface area contributed by atoms with Crippen LogP contribution in [0.2, 0.25) is 0 Å². The zero-order valence-electron chi connectivity index (χ0n) is 19.3. The van der Waals surface area contributed by atoms with E-state index in [1.54, 1.807) is 4.68 Å². The van der Waals surface area contributed by atoms with E-state index in [0.717, 1.165) is 42.6 Å². The maximum absolute atomic E-state index is 12.6. The smallest absolute Gasteiger partial charge is 0.336 e. The average molecular weight is 451 g/mol. The first-order chi connectivity index (χ1) is 16.1. The molecule has 0 saturated carbocycles. The highest BCUT2D eigenvalue weighted by atomic mass is 16.7. The van der Waals surface area contributed by atoms with Gasteiger partial charge >= 0.3 is 6.01 Å². The molecule has 0 spiro atoms. The lowest BCUT2D eigenvalue weighted by atomic mass is 9.98. The van der Waals surface area contributed by atoms with Crippen molar-refractivity contribution in [3.05, 3.63) is 42.5 Å². The van der Waals surface area contributed by atoms with Gasteiger partial charge in [-0.15, -0.1) is 5.10 Å². The van der Waals surface area contributed by atoms with Crippen molar-refractivity contribution in [3.8, 4) is 34.6 Å².